The maximum Gasteiger partial charge on any atom is 0.234 e. The number of thioether (sulfide) groups is 1. The predicted octanol–water partition coefficient (Wildman–Crippen LogP) is 3.00. The molecule has 5 heteroatoms. The summed E-state index contributed by atoms with van der Waals surface area (Å²) in [7, 11) is 1.57. The summed E-state index contributed by atoms with van der Waals surface area (Å²) < 4.78 is 5.18. The molecule has 106 valence electrons. The molecular weight excluding hydrogens is 260 g/mol. The van der Waals surface area contributed by atoms with Crippen LogP contribution in [0.2, 0.25) is 0 Å². The van der Waals surface area contributed by atoms with Crippen molar-refractivity contribution in [2.75, 3.05) is 29.7 Å². The third-order valence-corrected chi connectivity index (χ3v) is 4.10. The number of benzene rings is 1. The molecule has 0 heterocycles. The highest BCUT2D eigenvalue weighted by molar-refractivity contribution is 7.99. The van der Waals surface area contributed by atoms with E-state index in [0.717, 1.165) is 12.2 Å². The van der Waals surface area contributed by atoms with Gasteiger partial charge in [0.15, 0.2) is 0 Å². The van der Waals surface area contributed by atoms with Crippen molar-refractivity contribution in [3.05, 3.63) is 18.2 Å². The lowest BCUT2D eigenvalue weighted by molar-refractivity contribution is -0.113. The van der Waals surface area contributed by atoms with Crippen LogP contribution in [0, 0.1) is 5.92 Å². The monoisotopic (exact) mass is 282 g/mol. The molecule has 0 saturated heterocycles. The highest BCUT2D eigenvalue weighted by Gasteiger charge is 2.09. The van der Waals surface area contributed by atoms with E-state index in [0.29, 0.717) is 28.8 Å². The van der Waals surface area contributed by atoms with Gasteiger partial charge in [-0.3, -0.25) is 4.79 Å². The average Bonchev–Trinajstić information content (AvgIpc) is 2.38. The number of carbonyl (C=O) groups excluding carboxylic acids is 1. The van der Waals surface area contributed by atoms with Crippen LogP contribution in [0.25, 0.3) is 0 Å². The van der Waals surface area contributed by atoms with Gasteiger partial charge < -0.3 is 15.8 Å². The summed E-state index contributed by atoms with van der Waals surface area (Å²) >= 11 is 1.65. The molecule has 0 aliphatic heterocycles. The number of carbonyl (C=O) groups is 1. The van der Waals surface area contributed by atoms with E-state index in [1.165, 1.54) is 0 Å². The largest absolute Gasteiger partial charge is 0.495 e. The van der Waals surface area contributed by atoms with E-state index in [2.05, 4.69) is 19.2 Å². The van der Waals surface area contributed by atoms with Gasteiger partial charge in [-0.15, -0.1) is 0 Å². The molecule has 0 aliphatic carbocycles. The van der Waals surface area contributed by atoms with Crippen molar-refractivity contribution in [3.63, 3.8) is 0 Å². The molecule has 0 bridgehead atoms. The molecule has 1 amide bonds. The van der Waals surface area contributed by atoms with Crippen LogP contribution in [0.1, 0.15) is 20.3 Å². The zero-order chi connectivity index (χ0) is 14.3. The lowest BCUT2D eigenvalue weighted by Gasteiger charge is -2.11. The maximum atomic E-state index is 11.8. The first-order chi connectivity index (χ1) is 9.06. The summed E-state index contributed by atoms with van der Waals surface area (Å²) in [4.78, 5) is 11.8. The molecule has 0 aromatic heterocycles. The Hall–Kier alpha value is -1.36. The van der Waals surface area contributed by atoms with Crippen molar-refractivity contribution in [2.45, 2.75) is 20.3 Å². The number of methoxy groups -OCH3 is 1. The predicted molar refractivity (Wildman–Crippen MR) is 82.8 cm³/mol. The second kappa shape index (κ2) is 7.94. The third kappa shape index (κ3) is 5.42. The highest BCUT2D eigenvalue weighted by atomic mass is 32.2. The maximum absolute atomic E-state index is 11.8. The average molecular weight is 282 g/mol. The van der Waals surface area contributed by atoms with Gasteiger partial charge in [0, 0.05) is 5.69 Å². The first-order valence-electron chi connectivity index (χ1n) is 6.38. The van der Waals surface area contributed by atoms with E-state index in [1.54, 1.807) is 37.1 Å². The Morgan fingerprint density at radius 2 is 2.26 bits per heavy atom. The van der Waals surface area contributed by atoms with Gasteiger partial charge in [0.25, 0.3) is 0 Å². The molecule has 0 fully saturated rings. The van der Waals surface area contributed by atoms with Gasteiger partial charge in [-0.05, 0) is 29.9 Å². The number of nitrogens with one attached hydrogen (secondary N) is 1. The highest BCUT2D eigenvalue weighted by Crippen LogP contribution is 2.26. The van der Waals surface area contributed by atoms with Gasteiger partial charge in [-0.25, -0.2) is 0 Å². The van der Waals surface area contributed by atoms with Crippen LogP contribution in [-0.2, 0) is 4.79 Å². The van der Waals surface area contributed by atoms with Crippen molar-refractivity contribution in [1.29, 1.82) is 0 Å². The molecule has 0 spiro atoms. The van der Waals surface area contributed by atoms with Crippen molar-refractivity contribution in [1.82, 2.24) is 0 Å². The molecule has 1 rings (SSSR count). The SMILES string of the molecule is CCC(C)CSCC(=O)Nc1cc(N)ccc1OC. The minimum Gasteiger partial charge on any atom is -0.495 e. The molecular formula is C14H22N2O2S. The van der Waals surface area contributed by atoms with E-state index < -0.39 is 0 Å². The van der Waals surface area contributed by atoms with Crippen LogP contribution in [0.4, 0.5) is 11.4 Å². The molecule has 1 aromatic rings. The van der Waals surface area contributed by atoms with Gasteiger partial charge in [-0.2, -0.15) is 11.8 Å². The summed E-state index contributed by atoms with van der Waals surface area (Å²) in [6, 6.07) is 5.19. The minimum absolute atomic E-state index is 0.0304. The zero-order valence-electron chi connectivity index (χ0n) is 11.7. The normalized spacial score (nSPS) is 11.9. The van der Waals surface area contributed by atoms with Crippen molar-refractivity contribution in [3.8, 4) is 5.75 Å². The molecule has 1 atom stereocenters. The van der Waals surface area contributed by atoms with E-state index in [9.17, 15) is 4.79 Å². The fraction of sp³-hybridized carbons (Fsp3) is 0.500. The first-order valence-corrected chi connectivity index (χ1v) is 7.53. The fourth-order valence-corrected chi connectivity index (χ4v) is 2.49. The molecule has 19 heavy (non-hydrogen) atoms. The van der Waals surface area contributed by atoms with E-state index >= 15 is 0 Å². The quantitative estimate of drug-likeness (QED) is 0.755. The number of amides is 1. The van der Waals surface area contributed by atoms with Crippen LogP contribution >= 0.6 is 11.8 Å². The van der Waals surface area contributed by atoms with E-state index in [-0.39, 0.29) is 5.91 Å². The standard InChI is InChI=1S/C14H22N2O2S/c1-4-10(2)8-19-9-14(17)16-12-7-11(15)5-6-13(12)18-3/h5-7,10H,4,8-9,15H2,1-3H3,(H,16,17). The number of hydrogen-bond acceptors (Lipinski definition) is 4. The number of nitrogen functional groups attached to an aromatic ring is 1. The van der Waals surface area contributed by atoms with Crippen LogP contribution < -0.4 is 15.8 Å². The van der Waals surface area contributed by atoms with Crippen molar-refractivity contribution < 1.29 is 9.53 Å². The van der Waals surface area contributed by atoms with Crippen LogP contribution in [-0.4, -0.2) is 24.5 Å². The van der Waals surface area contributed by atoms with Crippen molar-refractivity contribution in [2.24, 2.45) is 5.92 Å². The number of rotatable bonds is 7. The lowest BCUT2D eigenvalue weighted by Crippen LogP contribution is -2.15. The molecule has 1 aromatic carbocycles. The smallest absolute Gasteiger partial charge is 0.234 e. The van der Waals surface area contributed by atoms with Crippen molar-refractivity contribution >= 4 is 29.0 Å². The molecule has 0 aliphatic rings. The molecule has 4 nitrogen and oxygen atoms in total. The van der Waals surface area contributed by atoms with Gasteiger partial charge in [-0.1, -0.05) is 20.3 Å². The van der Waals surface area contributed by atoms with E-state index in [4.69, 9.17) is 10.5 Å². The number of ether oxygens (including phenoxy) is 1. The molecule has 3 N–H and O–H groups in total. The summed E-state index contributed by atoms with van der Waals surface area (Å²) in [5, 5.41) is 2.83. The van der Waals surface area contributed by atoms with E-state index in [1.807, 2.05) is 0 Å². The Labute approximate surface area is 119 Å². The summed E-state index contributed by atoms with van der Waals surface area (Å²) in [6.45, 7) is 4.34. The Kier molecular flexibility index (Phi) is 6.56. The van der Waals surface area contributed by atoms with Crippen LogP contribution in [0.15, 0.2) is 18.2 Å². The Balaban J connectivity index is 2.50. The Morgan fingerprint density at radius 3 is 2.89 bits per heavy atom. The third-order valence-electron chi connectivity index (χ3n) is 2.83. The Morgan fingerprint density at radius 1 is 1.53 bits per heavy atom. The number of nitrogens with two attached hydrogens (primary N) is 1. The summed E-state index contributed by atoms with van der Waals surface area (Å²) in [5.41, 5.74) is 6.93. The topological polar surface area (TPSA) is 64.4 Å². The number of hydrogen-bond donors (Lipinski definition) is 2. The molecule has 0 saturated carbocycles. The van der Waals surface area contributed by atoms with Gasteiger partial charge in [0.2, 0.25) is 5.91 Å². The summed E-state index contributed by atoms with van der Waals surface area (Å²) in [6.07, 6.45) is 1.14. The molecule has 1 unspecified atom stereocenters. The van der Waals surface area contributed by atoms with Crippen LogP contribution in [0.5, 0.6) is 5.75 Å². The zero-order valence-corrected chi connectivity index (χ0v) is 12.5. The second-order valence-corrected chi connectivity index (χ2v) is 5.57. The number of anilines is 2. The van der Waals surface area contributed by atoms with Crippen LogP contribution in [0.3, 0.4) is 0 Å². The molecule has 0 radical (unpaired) electrons. The van der Waals surface area contributed by atoms with Gasteiger partial charge in [0.05, 0.1) is 18.6 Å². The second-order valence-electron chi connectivity index (χ2n) is 4.54. The first kappa shape index (κ1) is 15.7. The fourth-order valence-electron chi connectivity index (χ4n) is 1.48. The summed E-state index contributed by atoms with van der Waals surface area (Å²) in [5.74, 6) is 2.67. The van der Waals surface area contributed by atoms with Gasteiger partial charge >= 0.3 is 0 Å². The Bertz CT molecular complexity index is 424. The minimum atomic E-state index is -0.0304. The lowest BCUT2D eigenvalue weighted by atomic mass is 10.2. The van der Waals surface area contributed by atoms with Gasteiger partial charge in [0.1, 0.15) is 5.75 Å².